The Bertz CT molecular complexity index is 465. The summed E-state index contributed by atoms with van der Waals surface area (Å²) in [6.07, 6.45) is 24.5. The lowest BCUT2D eigenvalue weighted by Crippen LogP contribution is -2.49. The van der Waals surface area contributed by atoms with E-state index in [-0.39, 0.29) is 6.42 Å². The summed E-state index contributed by atoms with van der Waals surface area (Å²) in [7, 11) is 5.85. The van der Waals surface area contributed by atoms with Crippen molar-refractivity contribution in [3.8, 4) is 0 Å². The average molecular weight is 411 g/mol. The van der Waals surface area contributed by atoms with Gasteiger partial charge >= 0.3 is 5.97 Å². The molecule has 0 amide bonds. The fraction of sp³-hybridized carbons (Fsp3) is 0.800. The summed E-state index contributed by atoms with van der Waals surface area (Å²) < 4.78 is 0.511. The van der Waals surface area contributed by atoms with Gasteiger partial charge in [0.15, 0.2) is 0 Å². The summed E-state index contributed by atoms with van der Waals surface area (Å²) in [5, 5.41) is 19.7. The maximum absolute atomic E-state index is 11.1. The van der Waals surface area contributed by atoms with E-state index in [1.54, 1.807) is 12.2 Å². The van der Waals surface area contributed by atoms with Crippen molar-refractivity contribution in [2.24, 2.45) is 0 Å². The van der Waals surface area contributed by atoms with Crippen molar-refractivity contribution in [1.82, 2.24) is 0 Å². The average Bonchev–Trinajstić information content (AvgIpc) is 2.59. The number of hydrogen-bond acceptors (Lipinski definition) is 2. The molecule has 0 aromatic rings. The van der Waals surface area contributed by atoms with Gasteiger partial charge in [0.05, 0.1) is 27.6 Å². The Hall–Kier alpha value is -1.13. The van der Waals surface area contributed by atoms with Gasteiger partial charge < -0.3 is 14.7 Å². The minimum atomic E-state index is -1.32. The Morgan fingerprint density at radius 3 is 1.76 bits per heavy atom. The van der Waals surface area contributed by atoms with Gasteiger partial charge in [0.1, 0.15) is 12.1 Å². The molecule has 170 valence electrons. The first-order valence-corrected chi connectivity index (χ1v) is 11.8. The Morgan fingerprint density at radius 2 is 1.31 bits per heavy atom. The molecule has 4 heteroatoms. The van der Waals surface area contributed by atoms with Crippen molar-refractivity contribution in [3.63, 3.8) is 0 Å². The maximum Gasteiger partial charge on any atom is 0.306 e. The minimum absolute atomic E-state index is 0.272. The highest BCUT2D eigenvalue weighted by Gasteiger charge is 2.33. The predicted octanol–water partition coefficient (Wildman–Crippen LogP) is 6.10. The summed E-state index contributed by atoms with van der Waals surface area (Å²) in [4.78, 5) is 11.1. The van der Waals surface area contributed by atoms with E-state index in [0.29, 0.717) is 11.0 Å². The number of quaternary nitrogens is 1. The van der Waals surface area contributed by atoms with Crippen molar-refractivity contribution in [2.45, 2.75) is 102 Å². The van der Waals surface area contributed by atoms with E-state index in [4.69, 9.17) is 5.11 Å². The highest BCUT2D eigenvalue weighted by molar-refractivity contribution is 5.68. The number of carboxylic acids is 1. The lowest BCUT2D eigenvalue weighted by atomic mass is 9.97. The first-order chi connectivity index (χ1) is 13.7. The lowest BCUT2D eigenvalue weighted by Gasteiger charge is -2.32. The van der Waals surface area contributed by atoms with Crippen LogP contribution in [0.2, 0.25) is 0 Å². The number of hydrogen-bond donors (Lipinski definition) is 2. The standard InChI is InChI=1S/C25H47NO3/c1-5-6-7-8-9-10-11-12-13-14-15-16-17-18-19-20-21-25(29,22-24(27)28)23-26(2,3)4/h18-21,29H,5-17,22-23H2,1-4H3/p+1/t25-/m1/s1. The van der Waals surface area contributed by atoms with Crippen molar-refractivity contribution in [2.75, 3.05) is 27.7 Å². The summed E-state index contributed by atoms with van der Waals surface area (Å²) in [6, 6.07) is 0. The Morgan fingerprint density at radius 1 is 0.828 bits per heavy atom. The van der Waals surface area contributed by atoms with Crippen LogP contribution < -0.4 is 0 Å². The fourth-order valence-corrected chi connectivity index (χ4v) is 3.76. The SMILES string of the molecule is CCCCCCCCCCCCCCC=CC=C[C@@](O)(CC(=O)O)C[N+](C)(C)C. The van der Waals surface area contributed by atoms with Crippen molar-refractivity contribution in [1.29, 1.82) is 0 Å². The molecule has 0 spiro atoms. The van der Waals surface area contributed by atoms with Gasteiger partial charge in [0, 0.05) is 0 Å². The van der Waals surface area contributed by atoms with E-state index < -0.39 is 11.6 Å². The van der Waals surface area contributed by atoms with Crippen molar-refractivity contribution >= 4 is 5.97 Å². The molecular weight excluding hydrogens is 362 g/mol. The van der Waals surface area contributed by atoms with Crippen LogP contribution in [-0.2, 0) is 4.79 Å². The number of rotatable bonds is 19. The quantitative estimate of drug-likeness (QED) is 0.154. The molecule has 0 radical (unpaired) electrons. The van der Waals surface area contributed by atoms with Gasteiger partial charge in [-0.1, -0.05) is 95.8 Å². The number of nitrogens with zero attached hydrogens (tertiary/aromatic N) is 1. The summed E-state index contributed by atoms with van der Waals surface area (Å²) in [6.45, 7) is 2.63. The third kappa shape index (κ3) is 19.9. The van der Waals surface area contributed by atoms with Crippen LogP contribution in [0.3, 0.4) is 0 Å². The second-order valence-corrected chi connectivity index (χ2v) is 9.59. The number of aliphatic hydroxyl groups is 1. The molecule has 0 saturated carbocycles. The third-order valence-corrected chi connectivity index (χ3v) is 5.08. The highest BCUT2D eigenvalue weighted by atomic mass is 16.4. The topological polar surface area (TPSA) is 57.5 Å². The summed E-state index contributed by atoms with van der Waals surface area (Å²) >= 11 is 0. The van der Waals surface area contributed by atoms with E-state index in [2.05, 4.69) is 13.0 Å². The zero-order valence-electron chi connectivity index (χ0n) is 19.7. The zero-order valence-corrected chi connectivity index (χ0v) is 19.7. The summed E-state index contributed by atoms with van der Waals surface area (Å²) in [5.74, 6) is -0.980. The number of carbonyl (C=O) groups is 1. The number of unbranched alkanes of at least 4 members (excludes halogenated alkanes) is 12. The minimum Gasteiger partial charge on any atom is -0.481 e. The van der Waals surface area contributed by atoms with E-state index in [9.17, 15) is 9.90 Å². The van der Waals surface area contributed by atoms with Gasteiger partial charge in [-0.25, -0.2) is 0 Å². The molecule has 1 atom stereocenters. The summed E-state index contributed by atoms with van der Waals surface area (Å²) in [5.41, 5.74) is -1.32. The molecule has 0 aromatic heterocycles. The smallest absolute Gasteiger partial charge is 0.306 e. The van der Waals surface area contributed by atoms with E-state index in [1.165, 1.54) is 77.0 Å². The first kappa shape index (κ1) is 27.9. The van der Waals surface area contributed by atoms with Crippen LogP contribution in [0.1, 0.15) is 96.8 Å². The van der Waals surface area contributed by atoms with E-state index >= 15 is 0 Å². The molecule has 0 aliphatic heterocycles. The predicted molar refractivity (Wildman–Crippen MR) is 124 cm³/mol. The monoisotopic (exact) mass is 410 g/mol. The van der Waals surface area contributed by atoms with Crippen molar-refractivity contribution in [3.05, 3.63) is 24.3 Å². The fourth-order valence-electron chi connectivity index (χ4n) is 3.76. The number of aliphatic carboxylic acids is 1. The maximum atomic E-state index is 11.1. The highest BCUT2D eigenvalue weighted by Crippen LogP contribution is 2.17. The van der Waals surface area contributed by atoms with Crippen LogP contribution in [0.4, 0.5) is 0 Å². The molecule has 0 heterocycles. The largest absolute Gasteiger partial charge is 0.481 e. The molecule has 0 aliphatic carbocycles. The first-order valence-electron chi connectivity index (χ1n) is 11.8. The number of carboxylic acid groups (broad SMARTS) is 1. The second-order valence-electron chi connectivity index (χ2n) is 9.59. The Kier molecular flexibility index (Phi) is 16.0. The van der Waals surface area contributed by atoms with Crippen LogP contribution in [0.25, 0.3) is 0 Å². The van der Waals surface area contributed by atoms with Gasteiger partial charge in [0.25, 0.3) is 0 Å². The van der Waals surface area contributed by atoms with Gasteiger partial charge in [-0.2, -0.15) is 0 Å². The molecule has 29 heavy (non-hydrogen) atoms. The van der Waals surface area contributed by atoms with Gasteiger partial charge in [-0.05, 0) is 18.9 Å². The van der Waals surface area contributed by atoms with Crippen LogP contribution in [0.15, 0.2) is 24.3 Å². The molecule has 0 rings (SSSR count). The number of allylic oxidation sites excluding steroid dienone is 3. The van der Waals surface area contributed by atoms with Crippen LogP contribution in [-0.4, -0.2) is 54.0 Å². The third-order valence-electron chi connectivity index (χ3n) is 5.08. The molecule has 0 fully saturated rings. The van der Waals surface area contributed by atoms with Gasteiger partial charge in [-0.3, -0.25) is 4.79 Å². The van der Waals surface area contributed by atoms with Crippen molar-refractivity contribution < 1.29 is 19.5 Å². The molecule has 0 aromatic carbocycles. The Balaban J connectivity index is 3.81. The molecule has 0 unspecified atom stereocenters. The molecule has 0 aliphatic rings. The molecule has 4 nitrogen and oxygen atoms in total. The van der Waals surface area contributed by atoms with Crippen LogP contribution in [0.5, 0.6) is 0 Å². The van der Waals surface area contributed by atoms with Crippen LogP contribution in [0, 0.1) is 0 Å². The van der Waals surface area contributed by atoms with Gasteiger partial charge in [-0.15, -0.1) is 0 Å². The van der Waals surface area contributed by atoms with Crippen LogP contribution >= 0.6 is 0 Å². The normalized spacial score (nSPS) is 14.7. The molecule has 0 saturated heterocycles. The molecule has 0 bridgehead atoms. The van der Waals surface area contributed by atoms with E-state index in [1.807, 2.05) is 27.2 Å². The second kappa shape index (κ2) is 16.6. The lowest BCUT2D eigenvalue weighted by molar-refractivity contribution is -0.876. The molecular formula is C25H48NO3+. The van der Waals surface area contributed by atoms with Gasteiger partial charge in [0.2, 0.25) is 0 Å². The number of likely N-dealkylation sites (N-methyl/N-ethyl adjacent to an activating group) is 1. The molecule has 2 N–H and O–H groups in total. The van der Waals surface area contributed by atoms with E-state index in [0.717, 1.165) is 6.42 Å². The Labute approximate surface area is 180 Å². The zero-order chi connectivity index (χ0) is 22.0.